The van der Waals surface area contributed by atoms with Gasteiger partial charge in [-0.15, -0.1) is 0 Å². The second-order valence-electron chi connectivity index (χ2n) is 3.56. The Morgan fingerprint density at radius 1 is 1.50 bits per heavy atom. The van der Waals surface area contributed by atoms with Crippen molar-refractivity contribution >= 4 is 5.97 Å². The van der Waals surface area contributed by atoms with Crippen molar-refractivity contribution < 1.29 is 19.5 Å². The number of carbonyl (C=O) groups is 1. The summed E-state index contributed by atoms with van der Waals surface area (Å²) in [6, 6.07) is 1.89. The van der Waals surface area contributed by atoms with E-state index in [2.05, 4.69) is 10.1 Å². The minimum Gasteiger partial charge on any atom is -0.508 e. The molecule has 2 rings (SSSR count). The summed E-state index contributed by atoms with van der Waals surface area (Å²) in [5.74, 6) is -1.24. The first kappa shape index (κ1) is 11.8. The fourth-order valence-electron chi connectivity index (χ4n) is 1.46. The Bertz CT molecular complexity index is 658. The Morgan fingerprint density at radius 2 is 2.22 bits per heavy atom. The minimum atomic E-state index is -1.33. The fraction of sp³-hybridized carbons (Fsp3) is 0.200. The van der Waals surface area contributed by atoms with E-state index in [0.717, 1.165) is 16.7 Å². The number of hydrogen-bond donors (Lipinski definition) is 2. The van der Waals surface area contributed by atoms with Crippen molar-refractivity contribution in [1.29, 1.82) is 0 Å². The van der Waals surface area contributed by atoms with Gasteiger partial charge >= 0.3 is 5.97 Å². The lowest BCUT2D eigenvalue weighted by atomic mass is 10.3. The first-order valence-electron chi connectivity index (χ1n) is 4.93. The van der Waals surface area contributed by atoms with E-state index < -0.39 is 17.3 Å². The quantitative estimate of drug-likeness (QED) is 0.787. The lowest BCUT2D eigenvalue weighted by Crippen LogP contribution is -2.25. The Balaban J connectivity index is 2.49. The molecule has 0 atom stereocenters. The molecule has 18 heavy (non-hydrogen) atoms. The highest BCUT2D eigenvalue weighted by molar-refractivity contribution is 5.86. The maximum atomic E-state index is 11.6. The van der Waals surface area contributed by atoms with Gasteiger partial charge in [0.1, 0.15) is 18.0 Å². The Morgan fingerprint density at radius 3 is 2.78 bits per heavy atom. The van der Waals surface area contributed by atoms with Crippen LogP contribution in [0.25, 0.3) is 0 Å². The van der Waals surface area contributed by atoms with Gasteiger partial charge in [-0.25, -0.2) is 4.79 Å². The van der Waals surface area contributed by atoms with Gasteiger partial charge in [0.15, 0.2) is 5.82 Å². The van der Waals surface area contributed by atoms with Crippen molar-refractivity contribution in [1.82, 2.24) is 14.7 Å². The smallest absolute Gasteiger partial charge is 0.352 e. The van der Waals surface area contributed by atoms with Gasteiger partial charge in [0, 0.05) is 12.1 Å². The normalized spacial score (nSPS) is 10.5. The average Bonchev–Trinajstić information content (AvgIpc) is 2.67. The van der Waals surface area contributed by atoms with E-state index in [0.29, 0.717) is 5.82 Å². The van der Waals surface area contributed by atoms with Gasteiger partial charge in [-0.2, -0.15) is 4.98 Å². The van der Waals surface area contributed by atoms with Gasteiger partial charge < -0.3 is 14.7 Å². The number of aryl methyl sites for hydroxylation is 1. The van der Waals surface area contributed by atoms with Crippen LogP contribution in [0.2, 0.25) is 0 Å². The topological polar surface area (TPSA) is 118 Å². The van der Waals surface area contributed by atoms with Crippen LogP contribution in [0.3, 0.4) is 0 Å². The van der Waals surface area contributed by atoms with Gasteiger partial charge in [0.2, 0.25) is 5.89 Å². The number of aromatic carboxylic acids is 1. The van der Waals surface area contributed by atoms with Crippen LogP contribution < -0.4 is 5.56 Å². The van der Waals surface area contributed by atoms with E-state index >= 15 is 0 Å². The molecule has 0 aromatic carbocycles. The molecule has 0 spiro atoms. The summed E-state index contributed by atoms with van der Waals surface area (Å²) in [5.41, 5.74) is -1.01. The zero-order valence-corrected chi connectivity index (χ0v) is 9.32. The molecule has 2 aromatic rings. The third-order valence-electron chi connectivity index (χ3n) is 2.19. The summed E-state index contributed by atoms with van der Waals surface area (Å²) in [4.78, 5) is 26.5. The second kappa shape index (κ2) is 4.32. The number of carboxylic acid groups (broad SMARTS) is 1. The molecule has 0 unspecified atom stereocenters. The predicted molar refractivity (Wildman–Crippen MR) is 57.5 cm³/mol. The predicted octanol–water partition coefficient (Wildman–Crippen LogP) is -0.00818. The molecule has 0 bridgehead atoms. The first-order chi connectivity index (χ1) is 8.47. The lowest BCUT2D eigenvalue weighted by Gasteiger charge is -2.07. The van der Waals surface area contributed by atoms with E-state index in [9.17, 15) is 14.7 Å². The number of rotatable bonds is 3. The van der Waals surface area contributed by atoms with Crippen LogP contribution in [0.5, 0.6) is 5.75 Å². The summed E-state index contributed by atoms with van der Waals surface area (Å²) in [6.45, 7) is 1.44. The van der Waals surface area contributed by atoms with E-state index in [-0.39, 0.29) is 18.1 Å². The van der Waals surface area contributed by atoms with Gasteiger partial charge in [-0.1, -0.05) is 5.16 Å². The second-order valence-corrected chi connectivity index (χ2v) is 3.56. The number of carboxylic acids is 1. The lowest BCUT2D eigenvalue weighted by molar-refractivity contribution is 0.0683. The molecule has 0 aliphatic carbocycles. The maximum absolute atomic E-state index is 11.6. The van der Waals surface area contributed by atoms with Crippen molar-refractivity contribution in [2.45, 2.75) is 13.5 Å². The van der Waals surface area contributed by atoms with Gasteiger partial charge in [-0.05, 0) is 6.92 Å². The van der Waals surface area contributed by atoms with Gasteiger partial charge in [0.05, 0.1) is 0 Å². The molecular formula is C10H9N3O5. The highest BCUT2D eigenvalue weighted by atomic mass is 16.5. The molecular weight excluding hydrogens is 242 g/mol. The highest BCUT2D eigenvalue weighted by Gasteiger charge is 2.15. The Kier molecular flexibility index (Phi) is 2.84. The molecule has 94 valence electrons. The van der Waals surface area contributed by atoms with Crippen LogP contribution in [0.1, 0.15) is 22.2 Å². The fourth-order valence-corrected chi connectivity index (χ4v) is 1.46. The molecule has 0 saturated heterocycles. The number of aromatic hydroxyl groups is 1. The molecule has 0 amide bonds. The zero-order valence-electron chi connectivity index (χ0n) is 9.32. The van der Waals surface area contributed by atoms with Crippen LogP contribution in [0, 0.1) is 6.92 Å². The summed E-state index contributed by atoms with van der Waals surface area (Å²) in [7, 11) is 0. The number of nitrogens with zero attached hydrogens (tertiary/aromatic N) is 3. The molecule has 0 aliphatic rings. The van der Waals surface area contributed by atoms with Crippen LogP contribution in [-0.4, -0.2) is 30.9 Å². The molecule has 8 heteroatoms. The number of pyridine rings is 1. The molecule has 2 N–H and O–H groups in total. The number of hydrogen-bond acceptors (Lipinski definition) is 6. The van der Waals surface area contributed by atoms with E-state index in [1.807, 2.05) is 0 Å². The Labute approximate surface area is 100 Å². The van der Waals surface area contributed by atoms with Crippen molar-refractivity contribution in [2.75, 3.05) is 0 Å². The van der Waals surface area contributed by atoms with Crippen LogP contribution in [0.4, 0.5) is 0 Å². The molecule has 2 aromatic heterocycles. The van der Waals surface area contributed by atoms with Crippen molar-refractivity contribution in [2.24, 2.45) is 0 Å². The van der Waals surface area contributed by atoms with Crippen LogP contribution in [-0.2, 0) is 6.54 Å². The highest BCUT2D eigenvalue weighted by Crippen LogP contribution is 2.10. The van der Waals surface area contributed by atoms with Crippen molar-refractivity contribution in [3.05, 3.63) is 39.9 Å². The third-order valence-corrected chi connectivity index (χ3v) is 2.19. The molecule has 2 heterocycles. The zero-order chi connectivity index (χ0) is 13.3. The summed E-state index contributed by atoms with van der Waals surface area (Å²) in [6.07, 6.45) is 0. The summed E-state index contributed by atoms with van der Waals surface area (Å²) in [5, 5.41) is 21.7. The van der Waals surface area contributed by atoms with E-state index in [4.69, 9.17) is 9.63 Å². The summed E-state index contributed by atoms with van der Waals surface area (Å²) >= 11 is 0. The minimum absolute atomic E-state index is 0.114. The molecule has 8 nitrogen and oxygen atoms in total. The molecule has 0 radical (unpaired) electrons. The van der Waals surface area contributed by atoms with E-state index in [1.165, 1.54) is 0 Å². The third kappa shape index (κ3) is 2.21. The first-order valence-corrected chi connectivity index (χ1v) is 4.93. The molecule has 0 fully saturated rings. The summed E-state index contributed by atoms with van der Waals surface area (Å²) < 4.78 is 5.74. The van der Waals surface area contributed by atoms with Crippen LogP contribution >= 0.6 is 0 Å². The van der Waals surface area contributed by atoms with E-state index in [1.54, 1.807) is 6.92 Å². The van der Waals surface area contributed by atoms with Crippen molar-refractivity contribution in [3.63, 3.8) is 0 Å². The maximum Gasteiger partial charge on any atom is 0.352 e. The number of aromatic nitrogens is 3. The van der Waals surface area contributed by atoms with Crippen LogP contribution in [0.15, 0.2) is 21.5 Å². The average molecular weight is 251 g/mol. The Hall–Kier alpha value is -2.64. The van der Waals surface area contributed by atoms with Crippen molar-refractivity contribution in [3.8, 4) is 5.75 Å². The molecule has 0 saturated carbocycles. The SMILES string of the molecule is Cc1noc(Cn2c(C(=O)O)cc(O)cc2=O)n1. The van der Waals surface area contributed by atoms with Gasteiger partial charge in [-0.3, -0.25) is 9.36 Å². The van der Waals surface area contributed by atoms with Gasteiger partial charge in [0.25, 0.3) is 5.56 Å². The monoisotopic (exact) mass is 251 g/mol. The molecule has 0 aliphatic heterocycles. The largest absolute Gasteiger partial charge is 0.508 e. The standard InChI is InChI=1S/C10H9N3O5/c1-5-11-8(18-12-5)4-13-7(10(16)17)2-6(14)3-9(13)15/h2-3,14H,4H2,1H3,(H,16,17).